The number of nitrogens with one attached hydrogen (secondary N) is 1. The molecular weight excluding hydrogens is 144 g/mol. The van der Waals surface area contributed by atoms with Crippen LogP contribution in [0.1, 0.15) is 6.92 Å². The van der Waals surface area contributed by atoms with Crippen molar-refractivity contribution in [1.29, 1.82) is 0 Å². The molecule has 1 amide bonds. The molecule has 0 aliphatic rings. The molecule has 2 unspecified atom stereocenters. The summed E-state index contributed by atoms with van der Waals surface area (Å²) in [6, 6.07) is -0.465. The molecule has 0 bridgehead atoms. The minimum absolute atomic E-state index is 0.195. The molecule has 0 spiro atoms. The number of aliphatic hydroxyl groups excluding tert-OH is 1. The maximum absolute atomic E-state index is 10.5. The van der Waals surface area contributed by atoms with Gasteiger partial charge in [0.2, 0.25) is 0 Å². The number of rotatable bonds is 3. The van der Waals surface area contributed by atoms with E-state index in [1.807, 2.05) is 5.92 Å². The average Bonchev–Trinajstić information content (AvgIpc) is 1.99. The van der Waals surface area contributed by atoms with Crippen molar-refractivity contribution < 1.29 is 9.90 Å². The summed E-state index contributed by atoms with van der Waals surface area (Å²) in [6.07, 6.45) is 4.12. The summed E-state index contributed by atoms with van der Waals surface area (Å²) in [4.78, 5) is 10.5. The number of hydrogen-bond acceptors (Lipinski definition) is 3. The molecule has 11 heavy (non-hydrogen) atoms. The third kappa shape index (κ3) is 4.37. The van der Waals surface area contributed by atoms with Crippen molar-refractivity contribution in [3.8, 4) is 12.3 Å². The fourth-order valence-electron chi connectivity index (χ4n) is 0.432. The number of aliphatic hydroxyl groups is 1. The molecule has 0 heterocycles. The average molecular weight is 156 g/mol. The number of terminal acetylenes is 1. The molecule has 0 fully saturated rings. The predicted octanol–water partition coefficient (Wildman–Crippen LogP) is -1.56. The second-order valence-electron chi connectivity index (χ2n) is 2.26. The second-order valence-corrected chi connectivity index (χ2v) is 2.26. The first-order chi connectivity index (χ1) is 5.07. The maximum Gasteiger partial charge on any atom is 0.295 e. The van der Waals surface area contributed by atoms with E-state index < -0.39 is 18.1 Å². The first-order valence-electron chi connectivity index (χ1n) is 3.26. The van der Waals surface area contributed by atoms with E-state index in [-0.39, 0.29) is 6.54 Å². The van der Waals surface area contributed by atoms with Crippen LogP contribution in [0.15, 0.2) is 0 Å². The molecular formula is C7H12N2O2. The van der Waals surface area contributed by atoms with Crippen molar-refractivity contribution in [1.82, 2.24) is 5.32 Å². The van der Waals surface area contributed by atoms with Crippen LogP contribution in [0.2, 0.25) is 0 Å². The molecule has 62 valence electrons. The lowest BCUT2D eigenvalue weighted by Gasteiger charge is -2.13. The Morgan fingerprint density at radius 3 is 2.82 bits per heavy atom. The molecule has 0 aliphatic heterocycles. The van der Waals surface area contributed by atoms with Crippen molar-refractivity contribution in [3.05, 3.63) is 0 Å². The smallest absolute Gasteiger partial charge is 0.295 e. The zero-order valence-electron chi connectivity index (χ0n) is 6.37. The summed E-state index contributed by atoms with van der Waals surface area (Å²) in [6.45, 7) is 1.74. The largest absolute Gasteiger partial charge is 0.392 e. The van der Waals surface area contributed by atoms with E-state index in [0.717, 1.165) is 0 Å². The van der Waals surface area contributed by atoms with Gasteiger partial charge < -0.3 is 16.2 Å². The predicted molar refractivity (Wildman–Crippen MR) is 41.5 cm³/mol. The van der Waals surface area contributed by atoms with E-state index in [4.69, 9.17) is 17.3 Å². The molecule has 0 aromatic heterocycles. The summed E-state index contributed by atoms with van der Waals surface area (Å²) in [5.41, 5.74) is 5.39. The zero-order chi connectivity index (χ0) is 8.85. The highest BCUT2D eigenvalue weighted by Crippen LogP contribution is 1.84. The lowest BCUT2D eigenvalue weighted by Crippen LogP contribution is -2.43. The van der Waals surface area contributed by atoms with Gasteiger partial charge in [0.15, 0.2) is 0 Å². The minimum Gasteiger partial charge on any atom is -0.392 e. The van der Waals surface area contributed by atoms with Crippen LogP contribution in [0.4, 0.5) is 0 Å². The molecule has 0 aliphatic carbocycles. The van der Waals surface area contributed by atoms with Crippen LogP contribution in [-0.4, -0.2) is 29.7 Å². The summed E-state index contributed by atoms with van der Waals surface area (Å²) in [5.74, 6) is 1.36. The molecule has 0 rings (SSSR count). The normalized spacial score (nSPS) is 14.7. The van der Waals surface area contributed by atoms with Crippen LogP contribution in [0.5, 0.6) is 0 Å². The van der Waals surface area contributed by atoms with Crippen molar-refractivity contribution in [2.75, 3.05) is 6.54 Å². The van der Waals surface area contributed by atoms with E-state index >= 15 is 0 Å². The Kier molecular flexibility index (Phi) is 4.27. The fourth-order valence-corrected chi connectivity index (χ4v) is 0.432. The topological polar surface area (TPSA) is 75.4 Å². The molecule has 4 nitrogen and oxygen atoms in total. The summed E-state index contributed by atoms with van der Waals surface area (Å²) < 4.78 is 0. The number of nitrogens with two attached hydrogens (primary N) is 1. The van der Waals surface area contributed by atoms with Crippen molar-refractivity contribution in [3.63, 3.8) is 0 Å². The number of amides is 1. The first-order valence-corrected chi connectivity index (χ1v) is 3.26. The van der Waals surface area contributed by atoms with Gasteiger partial charge in [-0.05, 0) is 12.8 Å². The van der Waals surface area contributed by atoms with Crippen LogP contribution < -0.4 is 11.1 Å². The van der Waals surface area contributed by atoms with Gasteiger partial charge in [0.25, 0.3) is 5.91 Å². The fraction of sp³-hybridized carbons (Fsp3) is 0.571. The monoisotopic (exact) mass is 156 g/mol. The Balaban J connectivity index is 3.56. The lowest BCUT2D eigenvalue weighted by molar-refractivity contribution is -0.115. The molecule has 0 aromatic carbocycles. The van der Waals surface area contributed by atoms with E-state index in [2.05, 4.69) is 5.32 Å². The van der Waals surface area contributed by atoms with Gasteiger partial charge >= 0.3 is 0 Å². The SMILES string of the molecule is C#CC(=O)NCC(N)C(C)O. The van der Waals surface area contributed by atoms with E-state index in [9.17, 15) is 4.79 Å². The van der Waals surface area contributed by atoms with Crippen molar-refractivity contribution in [2.45, 2.75) is 19.1 Å². The molecule has 0 radical (unpaired) electrons. The van der Waals surface area contributed by atoms with Gasteiger partial charge in [-0.3, -0.25) is 4.79 Å². The summed E-state index contributed by atoms with van der Waals surface area (Å²) in [7, 11) is 0. The van der Waals surface area contributed by atoms with Crippen LogP contribution in [-0.2, 0) is 4.79 Å². The van der Waals surface area contributed by atoms with E-state index in [1.54, 1.807) is 6.92 Å². The van der Waals surface area contributed by atoms with E-state index in [0.29, 0.717) is 0 Å². The minimum atomic E-state index is -0.645. The van der Waals surface area contributed by atoms with Gasteiger partial charge in [0.1, 0.15) is 0 Å². The van der Waals surface area contributed by atoms with Gasteiger partial charge in [-0.15, -0.1) is 6.42 Å². The number of carbonyl (C=O) groups is 1. The number of carbonyl (C=O) groups excluding carboxylic acids is 1. The second kappa shape index (κ2) is 4.72. The van der Waals surface area contributed by atoms with Gasteiger partial charge in [-0.1, -0.05) is 0 Å². The molecule has 4 N–H and O–H groups in total. The number of hydrogen-bond donors (Lipinski definition) is 3. The third-order valence-electron chi connectivity index (χ3n) is 1.25. The highest BCUT2D eigenvalue weighted by Gasteiger charge is 2.08. The quantitative estimate of drug-likeness (QED) is 0.433. The van der Waals surface area contributed by atoms with Gasteiger partial charge in [0, 0.05) is 12.6 Å². The van der Waals surface area contributed by atoms with Gasteiger partial charge in [0.05, 0.1) is 6.10 Å². The summed E-state index contributed by atoms with van der Waals surface area (Å²) >= 11 is 0. The third-order valence-corrected chi connectivity index (χ3v) is 1.25. The van der Waals surface area contributed by atoms with Crippen LogP contribution in [0.25, 0.3) is 0 Å². The maximum atomic E-state index is 10.5. The Morgan fingerprint density at radius 2 is 2.45 bits per heavy atom. The molecule has 2 atom stereocenters. The van der Waals surface area contributed by atoms with Crippen molar-refractivity contribution >= 4 is 5.91 Å². The lowest BCUT2D eigenvalue weighted by atomic mass is 10.2. The zero-order valence-corrected chi connectivity index (χ0v) is 6.37. The van der Waals surface area contributed by atoms with Gasteiger partial charge in [-0.25, -0.2) is 0 Å². The van der Waals surface area contributed by atoms with Gasteiger partial charge in [-0.2, -0.15) is 0 Å². The standard InChI is InChI=1S/C7H12N2O2/c1-3-7(11)9-4-6(8)5(2)10/h1,5-6,10H,4,8H2,2H3,(H,9,11). The molecule has 0 aromatic rings. The Bertz CT molecular complexity index is 172. The van der Waals surface area contributed by atoms with E-state index in [1.165, 1.54) is 0 Å². The van der Waals surface area contributed by atoms with Crippen LogP contribution in [0, 0.1) is 12.3 Å². The highest BCUT2D eigenvalue weighted by atomic mass is 16.3. The molecule has 0 saturated carbocycles. The first kappa shape index (κ1) is 9.95. The molecule has 4 heteroatoms. The summed E-state index contributed by atoms with van der Waals surface area (Å²) in [5, 5.41) is 11.2. The Labute approximate surface area is 65.8 Å². The Hall–Kier alpha value is -1.05. The Morgan fingerprint density at radius 1 is 1.91 bits per heavy atom. The van der Waals surface area contributed by atoms with Crippen LogP contribution in [0.3, 0.4) is 0 Å². The molecule has 0 saturated heterocycles. The highest BCUT2D eigenvalue weighted by molar-refractivity contribution is 5.92. The van der Waals surface area contributed by atoms with Crippen molar-refractivity contribution in [2.24, 2.45) is 5.73 Å². The van der Waals surface area contributed by atoms with Crippen LogP contribution >= 0.6 is 0 Å².